The van der Waals surface area contributed by atoms with Crippen LogP contribution >= 0.6 is 0 Å². The van der Waals surface area contributed by atoms with E-state index in [0.29, 0.717) is 40.4 Å². The second-order valence-corrected chi connectivity index (χ2v) is 13.7. The van der Waals surface area contributed by atoms with E-state index in [4.69, 9.17) is 9.15 Å². The summed E-state index contributed by atoms with van der Waals surface area (Å²) in [6, 6.07) is 6.97. The van der Waals surface area contributed by atoms with E-state index in [1.54, 1.807) is 19.9 Å². The van der Waals surface area contributed by atoms with Crippen LogP contribution in [0.3, 0.4) is 0 Å². The van der Waals surface area contributed by atoms with Crippen molar-refractivity contribution in [3.05, 3.63) is 53.3 Å². The van der Waals surface area contributed by atoms with Gasteiger partial charge >= 0.3 is 6.01 Å². The van der Waals surface area contributed by atoms with Gasteiger partial charge in [0.25, 0.3) is 5.92 Å². The molecule has 0 aliphatic carbocycles. The molecule has 1 unspecified atom stereocenters. The lowest BCUT2D eigenvalue weighted by molar-refractivity contribution is -0.113. The van der Waals surface area contributed by atoms with Crippen LogP contribution in [0, 0.1) is 18.6 Å². The van der Waals surface area contributed by atoms with Crippen molar-refractivity contribution in [1.82, 2.24) is 14.9 Å². The number of benzene rings is 3. The number of piperidine rings is 1. The molecule has 3 fully saturated rings. The van der Waals surface area contributed by atoms with E-state index in [1.165, 1.54) is 29.2 Å². The topological polar surface area (TPSA) is 95.1 Å². The van der Waals surface area contributed by atoms with Crippen molar-refractivity contribution < 1.29 is 41.3 Å². The Balaban J connectivity index is 1.39. The Morgan fingerprint density at radius 1 is 1.10 bits per heavy atom. The van der Waals surface area contributed by atoms with Crippen LogP contribution in [0.1, 0.15) is 43.9 Å². The Bertz CT molecular complexity index is 2140. The summed E-state index contributed by atoms with van der Waals surface area (Å²) in [6.45, 7) is 3.54. The maximum absolute atomic E-state index is 17.4. The van der Waals surface area contributed by atoms with Crippen molar-refractivity contribution in [2.45, 2.75) is 69.7 Å². The van der Waals surface area contributed by atoms with Gasteiger partial charge in [0.15, 0.2) is 5.82 Å². The minimum Gasteiger partial charge on any atom is -0.508 e. The number of aliphatic hydroxyl groups is 1. The van der Waals surface area contributed by atoms with Crippen LogP contribution in [0.2, 0.25) is 0 Å². The van der Waals surface area contributed by atoms with Gasteiger partial charge in [0.2, 0.25) is 0 Å². The van der Waals surface area contributed by atoms with Crippen molar-refractivity contribution in [1.29, 1.82) is 0 Å². The molecular weight excluding hydrogens is 647 g/mol. The van der Waals surface area contributed by atoms with Crippen molar-refractivity contribution in [3.63, 3.8) is 0 Å². The molecule has 13 heteroatoms. The lowest BCUT2D eigenvalue weighted by Gasteiger charge is -2.37. The van der Waals surface area contributed by atoms with E-state index in [-0.39, 0.29) is 84.1 Å². The molecule has 8 rings (SSSR count). The predicted molar refractivity (Wildman–Crippen MR) is 174 cm³/mol. The predicted octanol–water partition coefficient (Wildman–Crippen LogP) is 7.21. The van der Waals surface area contributed by atoms with Gasteiger partial charge in [-0.05, 0) is 79.8 Å². The number of aromatic nitrogens is 2. The number of ether oxygens (including phenoxy) is 1. The molecule has 0 amide bonds. The zero-order valence-corrected chi connectivity index (χ0v) is 27.0. The molecule has 0 radical (unpaired) electrons. The van der Waals surface area contributed by atoms with Gasteiger partial charge in [0, 0.05) is 30.5 Å². The maximum atomic E-state index is 17.4. The molecule has 3 atom stereocenters. The smallest absolute Gasteiger partial charge is 0.319 e. The molecule has 2 N–H and O–H groups in total. The fourth-order valence-electron chi connectivity index (χ4n) is 8.27. The summed E-state index contributed by atoms with van der Waals surface area (Å²) in [5.41, 5.74) is -0.406. The summed E-state index contributed by atoms with van der Waals surface area (Å²) in [5, 5.41) is 22.1. The summed E-state index contributed by atoms with van der Waals surface area (Å²) in [5.74, 6) is -4.71. The van der Waals surface area contributed by atoms with Crippen LogP contribution in [0.15, 0.2) is 34.7 Å². The summed E-state index contributed by atoms with van der Waals surface area (Å²) in [6.07, 6.45) is -1.06. The van der Waals surface area contributed by atoms with Crippen LogP contribution in [0.25, 0.3) is 43.8 Å². The first-order valence-corrected chi connectivity index (χ1v) is 16.6. The Morgan fingerprint density at radius 3 is 2.69 bits per heavy atom. The second-order valence-electron chi connectivity index (χ2n) is 13.7. The van der Waals surface area contributed by atoms with Crippen molar-refractivity contribution in [2.75, 3.05) is 37.7 Å². The number of phenolic OH excluding ortho intramolecular Hbond substituents is 1. The Morgan fingerprint density at radius 2 is 1.92 bits per heavy atom. The molecule has 2 aromatic heterocycles. The Labute approximate surface area is 278 Å². The lowest BCUT2D eigenvalue weighted by Crippen LogP contribution is -2.52. The fourth-order valence-corrected chi connectivity index (χ4v) is 8.27. The van der Waals surface area contributed by atoms with Gasteiger partial charge in [-0.2, -0.15) is 9.97 Å². The first-order valence-electron chi connectivity index (χ1n) is 16.6. The van der Waals surface area contributed by atoms with Gasteiger partial charge < -0.3 is 24.3 Å². The van der Waals surface area contributed by atoms with Gasteiger partial charge in [0.1, 0.15) is 53.1 Å². The monoisotopic (exact) mass is 682 g/mol. The summed E-state index contributed by atoms with van der Waals surface area (Å²) in [4.78, 5) is 12.4. The quantitative estimate of drug-likeness (QED) is 0.182. The third-order valence-electron chi connectivity index (χ3n) is 10.5. The van der Waals surface area contributed by atoms with E-state index in [9.17, 15) is 23.4 Å². The first-order chi connectivity index (χ1) is 23.4. The highest BCUT2D eigenvalue weighted by molar-refractivity contribution is 6.18. The first kappa shape index (κ1) is 32.0. The minimum atomic E-state index is -3.48. The molecule has 3 aromatic carbocycles. The summed E-state index contributed by atoms with van der Waals surface area (Å²) in [7, 11) is 0. The highest BCUT2D eigenvalue weighted by Crippen LogP contribution is 2.47. The number of aryl methyl sites for hydroxylation is 2. The van der Waals surface area contributed by atoms with E-state index in [2.05, 4.69) is 9.97 Å². The molecule has 0 bridgehead atoms. The van der Waals surface area contributed by atoms with Crippen LogP contribution in [-0.4, -0.2) is 81.6 Å². The van der Waals surface area contributed by atoms with Crippen molar-refractivity contribution in [2.24, 2.45) is 0 Å². The van der Waals surface area contributed by atoms with Crippen molar-refractivity contribution in [3.8, 4) is 22.9 Å². The Kier molecular flexibility index (Phi) is 7.45. The molecule has 0 saturated carbocycles. The SMILES string of the molecule is CCc1c(F)ccc2cc(O)cc(-c3c(F)c4nc(OC[C@@]56CCCN5C[C@H](F)C6)nc(N5CCC(O)C(F)(F)C5)c4c4cc(C)oc34)c12. The van der Waals surface area contributed by atoms with E-state index >= 15 is 8.78 Å². The molecule has 258 valence electrons. The maximum Gasteiger partial charge on any atom is 0.319 e. The molecule has 5 aromatic rings. The van der Waals surface area contributed by atoms with Crippen LogP contribution in [0.4, 0.5) is 27.8 Å². The highest BCUT2D eigenvalue weighted by Gasteiger charge is 2.50. The second kappa shape index (κ2) is 11.4. The number of nitrogens with zero attached hydrogens (tertiary/aromatic N) is 4. The molecule has 0 spiro atoms. The van der Waals surface area contributed by atoms with Crippen LogP contribution in [0.5, 0.6) is 11.8 Å². The summed E-state index contributed by atoms with van der Waals surface area (Å²) >= 11 is 0. The molecule has 3 aliphatic rings. The molecular formula is C36H35F5N4O4. The van der Waals surface area contributed by atoms with E-state index in [1.807, 2.05) is 4.90 Å². The zero-order chi connectivity index (χ0) is 34.4. The molecule has 3 aliphatic heterocycles. The standard InChI is InChI=1S/C36H35F5N4O4/c1-3-22-25(38)6-5-19-12-21(46)13-23(27(19)22)28-30(39)31-29(24-11-18(2)49-32(24)28)33(44-10-7-26(47)36(40,41)16-44)43-34(42-31)48-17-35-8-4-9-45(35)15-20(37)14-35/h5-6,11-13,20,26,46-47H,3-4,7-10,14-17H2,1-2H3/t20-,26?,35+/m1/s1. The van der Waals surface area contributed by atoms with Crippen molar-refractivity contribution >= 4 is 38.5 Å². The number of rotatable bonds is 6. The number of hydrogen-bond donors (Lipinski definition) is 2. The van der Waals surface area contributed by atoms with Crippen LogP contribution in [-0.2, 0) is 6.42 Å². The lowest BCUT2D eigenvalue weighted by atomic mass is 9.91. The van der Waals surface area contributed by atoms with Crippen LogP contribution < -0.4 is 9.64 Å². The molecule has 3 saturated heterocycles. The number of alkyl halides is 3. The number of aliphatic hydroxyl groups excluding tert-OH is 1. The third kappa shape index (κ3) is 5.07. The largest absolute Gasteiger partial charge is 0.508 e. The normalized spacial score (nSPS) is 24.0. The number of anilines is 1. The highest BCUT2D eigenvalue weighted by atomic mass is 19.3. The third-order valence-corrected chi connectivity index (χ3v) is 10.5. The zero-order valence-electron chi connectivity index (χ0n) is 27.0. The molecule has 8 nitrogen and oxygen atoms in total. The van der Waals surface area contributed by atoms with Gasteiger partial charge in [-0.25, -0.2) is 22.0 Å². The molecule has 5 heterocycles. The Hall–Kier alpha value is -4.23. The van der Waals surface area contributed by atoms with Gasteiger partial charge in [-0.15, -0.1) is 0 Å². The number of hydrogen-bond acceptors (Lipinski definition) is 8. The van der Waals surface area contributed by atoms with E-state index < -0.39 is 41.9 Å². The van der Waals surface area contributed by atoms with Gasteiger partial charge in [-0.3, -0.25) is 4.90 Å². The summed E-state index contributed by atoms with van der Waals surface area (Å²) < 4.78 is 89.3. The van der Waals surface area contributed by atoms with E-state index in [0.717, 1.165) is 6.42 Å². The average Bonchev–Trinajstić information content (AvgIpc) is 3.72. The fraction of sp³-hybridized carbons (Fsp3) is 0.444. The minimum absolute atomic E-state index is 0.0123. The van der Waals surface area contributed by atoms with Gasteiger partial charge in [0.05, 0.1) is 23.0 Å². The molecule has 49 heavy (non-hydrogen) atoms. The number of halogens is 5. The number of phenols is 1. The van der Waals surface area contributed by atoms with Gasteiger partial charge in [-0.1, -0.05) is 13.0 Å². The average molecular weight is 683 g/mol. The number of fused-ring (bicyclic) bond motifs is 5. The number of furan rings is 1. The number of aromatic hydroxyl groups is 1.